The highest BCUT2D eigenvalue weighted by Gasteiger charge is 2.26. The Kier molecular flexibility index (Phi) is 5.29. The Morgan fingerprint density at radius 3 is 2.63 bits per heavy atom. The highest BCUT2D eigenvalue weighted by atomic mass is 16.5. The Hall–Kier alpha value is -4.34. The van der Waals surface area contributed by atoms with Crippen molar-refractivity contribution in [3.63, 3.8) is 0 Å². The number of esters is 1. The molecule has 30 heavy (non-hydrogen) atoms. The van der Waals surface area contributed by atoms with Gasteiger partial charge in [0.05, 0.1) is 11.3 Å². The molecule has 1 N–H and O–H groups in total. The van der Waals surface area contributed by atoms with Crippen LogP contribution < -0.4 is 5.32 Å². The summed E-state index contributed by atoms with van der Waals surface area (Å²) in [6, 6.07) is 16.8. The molecule has 0 aliphatic heterocycles. The molecule has 150 valence electrons. The van der Waals surface area contributed by atoms with Crippen molar-refractivity contribution >= 4 is 17.7 Å². The van der Waals surface area contributed by atoms with Gasteiger partial charge in [0, 0.05) is 11.6 Å². The molecule has 0 fully saturated rings. The lowest BCUT2D eigenvalue weighted by molar-refractivity contribution is -0.125. The topological polar surface area (TPSA) is 125 Å². The van der Waals surface area contributed by atoms with Crippen LogP contribution in [0.3, 0.4) is 0 Å². The maximum Gasteiger partial charge on any atom is 0.339 e. The lowest BCUT2D eigenvalue weighted by Gasteiger charge is -2.17. The van der Waals surface area contributed by atoms with Crippen molar-refractivity contribution in [3.05, 3.63) is 83.9 Å². The predicted molar refractivity (Wildman–Crippen MR) is 104 cm³/mol. The molecule has 1 unspecified atom stereocenters. The molecule has 2 heterocycles. The van der Waals surface area contributed by atoms with Gasteiger partial charge in [0.2, 0.25) is 6.10 Å². The molecule has 0 bridgehead atoms. The number of aryl methyl sites for hydroxylation is 1. The number of nitrogens with one attached hydrogen (secondary N) is 1. The van der Waals surface area contributed by atoms with Crippen LogP contribution in [0.25, 0.3) is 5.69 Å². The molecule has 1 atom stereocenters. The summed E-state index contributed by atoms with van der Waals surface area (Å²) in [5.41, 5.74) is 1.34. The van der Waals surface area contributed by atoms with E-state index in [4.69, 9.17) is 9.26 Å². The molecule has 0 aliphatic rings. The van der Waals surface area contributed by atoms with Crippen LogP contribution in [0.2, 0.25) is 0 Å². The Morgan fingerprint density at radius 2 is 1.93 bits per heavy atom. The Balaban J connectivity index is 1.58. The van der Waals surface area contributed by atoms with Crippen LogP contribution >= 0.6 is 0 Å². The zero-order chi connectivity index (χ0) is 20.9. The van der Waals surface area contributed by atoms with E-state index in [0.29, 0.717) is 17.0 Å². The summed E-state index contributed by atoms with van der Waals surface area (Å²) in [4.78, 5) is 25.7. The van der Waals surface area contributed by atoms with Gasteiger partial charge in [0.1, 0.15) is 12.1 Å². The smallest absolute Gasteiger partial charge is 0.339 e. The monoisotopic (exact) mass is 404 g/mol. The van der Waals surface area contributed by atoms with E-state index in [1.165, 1.54) is 11.0 Å². The molecule has 2 aromatic heterocycles. The van der Waals surface area contributed by atoms with Gasteiger partial charge in [0.15, 0.2) is 5.82 Å². The summed E-state index contributed by atoms with van der Waals surface area (Å²) in [6.45, 7) is 1.70. The number of ether oxygens (including phenoxy) is 1. The maximum atomic E-state index is 12.8. The largest absolute Gasteiger partial charge is 0.444 e. The van der Waals surface area contributed by atoms with E-state index in [1.54, 1.807) is 67.6 Å². The number of tetrazole rings is 1. The third-order valence-corrected chi connectivity index (χ3v) is 4.14. The zero-order valence-corrected chi connectivity index (χ0v) is 15.8. The van der Waals surface area contributed by atoms with Gasteiger partial charge < -0.3 is 14.6 Å². The van der Waals surface area contributed by atoms with Crippen molar-refractivity contribution in [2.24, 2.45) is 0 Å². The van der Waals surface area contributed by atoms with Crippen molar-refractivity contribution in [1.82, 2.24) is 25.4 Å². The number of amides is 1. The second-order valence-electron chi connectivity index (χ2n) is 6.31. The van der Waals surface area contributed by atoms with Crippen LogP contribution in [-0.4, -0.2) is 37.2 Å². The molecule has 10 nitrogen and oxygen atoms in total. The number of hydrogen-bond donors (Lipinski definition) is 1. The first-order valence-electron chi connectivity index (χ1n) is 8.94. The van der Waals surface area contributed by atoms with Crippen LogP contribution in [0.15, 0.2) is 71.5 Å². The van der Waals surface area contributed by atoms with Gasteiger partial charge in [-0.3, -0.25) is 4.79 Å². The van der Waals surface area contributed by atoms with Crippen LogP contribution in [0.5, 0.6) is 0 Å². The first-order chi connectivity index (χ1) is 14.6. The third kappa shape index (κ3) is 4.22. The quantitative estimate of drug-likeness (QED) is 0.486. The maximum absolute atomic E-state index is 12.8. The number of aromatic nitrogens is 5. The molecule has 0 spiro atoms. The zero-order valence-electron chi connectivity index (χ0n) is 15.8. The highest BCUT2D eigenvalue weighted by molar-refractivity contribution is 5.97. The lowest BCUT2D eigenvalue weighted by Crippen LogP contribution is -2.26. The fourth-order valence-electron chi connectivity index (χ4n) is 2.75. The summed E-state index contributed by atoms with van der Waals surface area (Å²) in [7, 11) is 0. The van der Waals surface area contributed by atoms with Crippen molar-refractivity contribution in [2.45, 2.75) is 13.0 Å². The number of benzene rings is 2. The molecule has 10 heteroatoms. The molecule has 2 aromatic carbocycles. The fraction of sp³-hybridized carbons (Fsp3) is 0.100. The number of carbonyl (C=O) groups is 2. The molecule has 0 radical (unpaired) electrons. The molecule has 1 amide bonds. The van der Waals surface area contributed by atoms with Crippen molar-refractivity contribution in [3.8, 4) is 5.69 Å². The number of nitrogens with zero attached hydrogens (tertiary/aromatic N) is 5. The molecular formula is C20H16N6O4. The van der Waals surface area contributed by atoms with E-state index >= 15 is 0 Å². The van der Waals surface area contributed by atoms with E-state index in [-0.39, 0.29) is 11.4 Å². The van der Waals surface area contributed by atoms with Crippen LogP contribution in [-0.2, 0) is 9.53 Å². The van der Waals surface area contributed by atoms with E-state index in [9.17, 15) is 9.59 Å². The molecule has 0 saturated carbocycles. The van der Waals surface area contributed by atoms with E-state index in [1.807, 2.05) is 0 Å². The first-order valence-corrected chi connectivity index (χ1v) is 8.94. The summed E-state index contributed by atoms with van der Waals surface area (Å²) in [6.07, 6.45) is 0.220. The van der Waals surface area contributed by atoms with Crippen LogP contribution in [0.1, 0.15) is 27.8 Å². The fourth-order valence-corrected chi connectivity index (χ4v) is 2.75. The average molecular weight is 404 g/mol. The minimum Gasteiger partial charge on any atom is -0.444 e. The second-order valence-corrected chi connectivity index (χ2v) is 6.31. The van der Waals surface area contributed by atoms with Gasteiger partial charge in [-0.15, -0.1) is 5.10 Å². The van der Waals surface area contributed by atoms with E-state index in [0.717, 1.165) is 0 Å². The summed E-state index contributed by atoms with van der Waals surface area (Å²) >= 11 is 0. The summed E-state index contributed by atoms with van der Waals surface area (Å²) in [5.74, 6) is -0.460. The number of hydrogen-bond acceptors (Lipinski definition) is 8. The van der Waals surface area contributed by atoms with Crippen molar-refractivity contribution in [2.75, 3.05) is 5.32 Å². The van der Waals surface area contributed by atoms with Crippen molar-refractivity contribution < 1.29 is 18.8 Å². The SMILES string of the molecule is Cc1cc(NC(=O)C(OC(=O)c2cccc(-n3cnnn3)c2)c2ccccc2)no1. The van der Waals surface area contributed by atoms with Crippen LogP contribution in [0.4, 0.5) is 5.82 Å². The van der Waals surface area contributed by atoms with E-state index in [2.05, 4.69) is 26.0 Å². The second kappa shape index (κ2) is 8.35. The molecule has 4 aromatic rings. The lowest BCUT2D eigenvalue weighted by atomic mass is 10.1. The molecular weight excluding hydrogens is 388 g/mol. The Morgan fingerprint density at radius 1 is 1.10 bits per heavy atom. The van der Waals surface area contributed by atoms with Gasteiger partial charge in [-0.05, 0) is 35.5 Å². The molecule has 0 aliphatic carbocycles. The molecule has 4 rings (SSSR count). The number of anilines is 1. The van der Waals surface area contributed by atoms with E-state index < -0.39 is 18.0 Å². The highest BCUT2D eigenvalue weighted by Crippen LogP contribution is 2.22. The normalized spacial score (nSPS) is 11.6. The van der Waals surface area contributed by atoms with Gasteiger partial charge in [0.25, 0.3) is 5.91 Å². The van der Waals surface area contributed by atoms with Gasteiger partial charge in [-0.25, -0.2) is 9.48 Å². The van der Waals surface area contributed by atoms with Crippen molar-refractivity contribution in [1.29, 1.82) is 0 Å². The average Bonchev–Trinajstić information content (AvgIpc) is 3.44. The van der Waals surface area contributed by atoms with Crippen LogP contribution in [0, 0.1) is 6.92 Å². The third-order valence-electron chi connectivity index (χ3n) is 4.14. The molecule has 0 saturated heterocycles. The standard InChI is InChI=1S/C20H16N6O4/c1-13-10-17(23-30-13)22-19(27)18(14-6-3-2-4-7-14)29-20(28)15-8-5-9-16(11-15)26-12-21-24-25-26/h2-12,18H,1H3,(H,22,23,27). The Bertz CT molecular complexity index is 1160. The van der Waals surface area contributed by atoms with Gasteiger partial charge >= 0.3 is 5.97 Å². The minimum atomic E-state index is -1.19. The first kappa shape index (κ1) is 19.0. The minimum absolute atomic E-state index is 0.232. The van der Waals surface area contributed by atoms with Gasteiger partial charge in [-0.2, -0.15) is 0 Å². The number of carbonyl (C=O) groups excluding carboxylic acids is 2. The summed E-state index contributed by atoms with van der Waals surface area (Å²) in [5, 5.41) is 17.3. The predicted octanol–water partition coefficient (Wildman–Crippen LogP) is 2.50. The van der Waals surface area contributed by atoms with Gasteiger partial charge in [-0.1, -0.05) is 41.6 Å². The summed E-state index contributed by atoms with van der Waals surface area (Å²) < 4.78 is 11.9. The Labute approximate surface area is 170 Å². The number of rotatable bonds is 6.